The molecule has 1 fully saturated rings. The summed E-state index contributed by atoms with van der Waals surface area (Å²) in [5.74, 6) is -0.0233. The number of carbonyl (C=O) groups excluding carboxylic acids is 1. The van der Waals surface area contributed by atoms with Crippen molar-refractivity contribution >= 4 is 23.6 Å². The first kappa shape index (κ1) is 13.9. The zero-order valence-electron chi connectivity index (χ0n) is 10.5. The molecule has 1 aliphatic heterocycles. The minimum Gasteiger partial charge on any atom is -0.480 e. The van der Waals surface area contributed by atoms with Gasteiger partial charge in [0, 0.05) is 18.5 Å². The summed E-state index contributed by atoms with van der Waals surface area (Å²) in [4.78, 5) is 28.6. The van der Waals surface area contributed by atoms with Crippen LogP contribution in [-0.2, 0) is 15.3 Å². The number of carboxylic acid groups (broad SMARTS) is 1. The molecule has 1 amide bonds. The highest BCUT2D eigenvalue weighted by atomic mass is 32.2. The first-order valence-electron chi connectivity index (χ1n) is 6.18. The molecule has 2 heterocycles. The molecule has 1 N–H and O–H groups in total. The van der Waals surface area contributed by atoms with Crippen LogP contribution in [0, 0.1) is 0 Å². The molecule has 2 rings (SSSR count). The molecule has 5 nitrogen and oxygen atoms in total. The van der Waals surface area contributed by atoms with Gasteiger partial charge in [-0.05, 0) is 25.0 Å². The maximum atomic E-state index is 12.0. The first-order valence-corrected chi connectivity index (χ1v) is 7.34. The molecule has 0 saturated carbocycles. The van der Waals surface area contributed by atoms with E-state index in [9.17, 15) is 9.59 Å². The van der Waals surface area contributed by atoms with Crippen molar-refractivity contribution in [1.29, 1.82) is 0 Å². The van der Waals surface area contributed by atoms with Crippen LogP contribution in [0.5, 0.6) is 0 Å². The summed E-state index contributed by atoms with van der Waals surface area (Å²) in [6.45, 7) is 0.556. The van der Waals surface area contributed by atoms with Gasteiger partial charge in [-0.15, -0.1) is 11.8 Å². The number of carboxylic acids is 1. The van der Waals surface area contributed by atoms with Gasteiger partial charge in [0.2, 0.25) is 5.91 Å². The highest BCUT2D eigenvalue weighted by Crippen LogP contribution is 2.19. The maximum absolute atomic E-state index is 12.0. The Balaban J connectivity index is 1.80. The Labute approximate surface area is 116 Å². The van der Waals surface area contributed by atoms with Crippen LogP contribution in [0.15, 0.2) is 24.4 Å². The molecule has 102 valence electrons. The molecule has 1 aromatic rings. The lowest BCUT2D eigenvalue weighted by molar-refractivity contribution is -0.147. The molecule has 19 heavy (non-hydrogen) atoms. The summed E-state index contributed by atoms with van der Waals surface area (Å²) < 4.78 is 0. The fourth-order valence-electron chi connectivity index (χ4n) is 2.13. The highest BCUT2D eigenvalue weighted by molar-refractivity contribution is 7.99. The molecule has 0 bridgehead atoms. The van der Waals surface area contributed by atoms with Crippen LogP contribution in [0.1, 0.15) is 18.5 Å². The number of likely N-dealkylation sites (tertiary alicyclic amines) is 1. The van der Waals surface area contributed by atoms with Gasteiger partial charge in [0.1, 0.15) is 6.04 Å². The molecule has 0 aliphatic carbocycles. The van der Waals surface area contributed by atoms with Crippen molar-refractivity contribution in [3.05, 3.63) is 30.1 Å². The van der Waals surface area contributed by atoms with E-state index in [0.29, 0.717) is 24.5 Å². The fourth-order valence-corrected chi connectivity index (χ4v) is 2.95. The van der Waals surface area contributed by atoms with E-state index in [1.165, 1.54) is 16.7 Å². The molecule has 0 spiro atoms. The van der Waals surface area contributed by atoms with Crippen molar-refractivity contribution in [2.24, 2.45) is 0 Å². The van der Waals surface area contributed by atoms with E-state index in [0.717, 1.165) is 12.1 Å². The number of amides is 1. The summed E-state index contributed by atoms with van der Waals surface area (Å²) in [5.41, 5.74) is 0.927. The van der Waals surface area contributed by atoms with Crippen LogP contribution in [0.2, 0.25) is 0 Å². The van der Waals surface area contributed by atoms with Crippen LogP contribution < -0.4 is 0 Å². The van der Waals surface area contributed by atoms with Gasteiger partial charge in [-0.25, -0.2) is 4.79 Å². The number of rotatable bonds is 5. The second-order valence-electron chi connectivity index (χ2n) is 4.40. The second kappa shape index (κ2) is 6.56. The first-order chi connectivity index (χ1) is 9.18. The molecule has 0 radical (unpaired) electrons. The van der Waals surface area contributed by atoms with Gasteiger partial charge in [0.15, 0.2) is 0 Å². The number of aromatic nitrogens is 1. The van der Waals surface area contributed by atoms with Crippen LogP contribution in [0.25, 0.3) is 0 Å². The van der Waals surface area contributed by atoms with E-state index in [4.69, 9.17) is 5.11 Å². The molecule has 6 heteroatoms. The average Bonchev–Trinajstić information content (AvgIpc) is 2.89. The van der Waals surface area contributed by atoms with Crippen molar-refractivity contribution in [2.45, 2.75) is 24.6 Å². The Morgan fingerprint density at radius 1 is 1.47 bits per heavy atom. The average molecular weight is 280 g/mol. The standard InChI is InChI=1S/C13H16N2O3S/c16-12(15-7-3-5-11(15)13(17)18)9-19-8-10-4-1-2-6-14-10/h1-2,4,6,11H,3,5,7-9H2,(H,17,18)/t11-/m0/s1. The number of aliphatic carboxylic acids is 1. The SMILES string of the molecule is O=C(O)[C@@H]1CCCN1C(=O)CSCc1ccccn1. The third-order valence-electron chi connectivity index (χ3n) is 3.06. The maximum Gasteiger partial charge on any atom is 0.326 e. The fraction of sp³-hybridized carbons (Fsp3) is 0.462. The quantitative estimate of drug-likeness (QED) is 0.882. The smallest absolute Gasteiger partial charge is 0.326 e. The summed E-state index contributed by atoms with van der Waals surface area (Å²) >= 11 is 1.47. The normalized spacial score (nSPS) is 18.5. The number of thioether (sulfide) groups is 1. The molecule has 1 atom stereocenters. The third-order valence-corrected chi connectivity index (χ3v) is 4.01. The lowest BCUT2D eigenvalue weighted by Crippen LogP contribution is -2.41. The Morgan fingerprint density at radius 3 is 3.00 bits per heavy atom. The number of nitrogens with zero attached hydrogens (tertiary/aromatic N) is 2. The molecule has 1 aliphatic rings. The van der Waals surface area contributed by atoms with E-state index in [-0.39, 0.29) is 5.91 Å². The largest absolute Gasteiger partial charge is 0.480 e. The van der Waals surface area contributed by atoms with Gasteiger partial charge in [-0.2, -0.15) is 0 Å². The van der Waals surface area contributed by atoms with Crippen molar-refractivity contribution < 1.29 is 14.7 Å². The highest BCUT2D eigenvalue weighted by Gasteiger charge is 2.33. The summed E-state index contributed by atoms with van der Waals surface area (Å²) in [6, 6.07) is 5.03. The molecule has 0 unspecified atom stereocenters. The molecule has 1 aromatic heterocycles. The van der Waals surface area contributed by atoms with E-state index in [1.807, 2.05) is 18.2 Å². The lowest BCUT2D eigenvalue weighted by atomic mass is 10.2. The molecule has 0 aromatic carbocycles. The minimum atomic E-state index is -0.902. The van der Waals surface area contributed by atoms with Crippen molar-refractivity contribution in [3.63, 3.8) is 0 Å². The Morgan fingerprint density at radius 2 is 2.32 bits per heavy atom. The van der Waals surface area contributed by atoms with E-state index < -0.39 is 12.0 Å². The van der Waals surface area contributed by atoms with Crippen molar-refractivity contribution in [3.8, 4) is 0 Å². The predicted octanol–water partition coefficient (Wildman–Crippen LogP) is 1.39. The molecular formula is C13H16N2O3S. The van der Waals surface area contributed by atoms with E-state index >= 15 is 0 Å². The van der Waals surface area contributed by atoms with Crippen LogP contribution >= 0.6 is 11.8 Å². The lowest BCUT2D eigenvalue weighted by Gasteiger charge is -2.21. The third kappa shape index (κ3) is 3.70. The Bertz CT molecular complexity index is 452. The summed E-state index contributed by atoms with van der Waals surface area (Å²) in [7, 11) is 0. The minimum absolute atomic E-state index is 0.0918. The number of carbonyl (C=O) groups is 2. The van der Waals surface area contributed by atoms with Gasteiger partial charge in [-0.3, -0.25) is 9.78 Å². The van der Waals surface area contributed by atoms with Gasteiger partial charge < -0.3 is 10.0 Å². The van der Waals surface area contributed by atoms with Gasteiger partial charge in [0.05, 0.1) is 11.4 Å². The molecule has 1 saturated heterocycles. The van der Waals surface area contributed by atoms with Crippen LogP contribution in [-0.4, -0.2) is 45.2 Å². The summed E-state index contributed by atoms with van der Waals surface area (Å²) in [6.07, 6.45) is 3.05. The predicted molar refractivity (Wildman–Crippen MR) is 72.8 cm³/mol. The topological polar surface area (TPSA) is 70.5 Å². The monoisotopic (exact) mass is 280 g/mol. The second-order valence-corrected chi connectivity index (χ2v) is 5.38. The van der Waals surface area contributed by atoms with Gasteiger partial charge in [0.25, 0.3) is 0 Å². The molecular weight excluding hydrogens is 264 g/mol. The zero-order chi connectivity index (χ0) is 13.7. The van der Waals surface area contributed by atoms with Crippen LogP contribution in [0.4, 0.5) is 0 Å². The van der Waals surface area contributed by atoms with Crippen molar-refractivity contribution in [1.82, 2.24) is 9.88 Å². The number of hydrogen-bond donors (Lipinski definition) is 1. The van der Waals surface area contributed by atoms with Gasteiger partial charge in [-0.1, -0.05) is 6.07 Å². The Hall–Kier alpha value is -1.56. The van der Waals surface area contributed by atoms with E-state index in [2.05, 4.69) is 4.98 Å². The number of hydrogen-bond acceptors (Lipinski definition) is 4. The van der Waals surface area contributed by atoms with Crippen LogP contribution in [0.3, 0.4) is 0 Å². The summed E-state index contributed by atoms with van der Waals surface area (Å²) in [5, 5.41) is 9.03. The number of pyridine rings is 1. The van der Waals surface area contributed by atoms with Gasteiger partial charge >= 0.3 is 5.97 Å². The van der Waals surface area contributed by atoms with Crippen molar-refractivity contribution in [2.75, 3.05) is 12.3 Å². The zero-order valence-corrected chi connectivity index (χ0v) is 11.3. The Kier molecular flexibility index (Phi) is 4.79. The van der Waals surface area contributed by atoms with E-state index in [1.54, 1.807) is 6.20 Å².